The lowest BCUT2D eigenvalue weighted by Gasteiger charge is -2.18. The number of ether oxygens (including phenoxy) is 1. The lowest BCUT2D eigenvalue weighted by molar-refractivity contribution is 0.180. The van der Waals surface area contributed by atoms with Crippen LogP contribution in [-0.2, 0) is 11.3 Å². The van der Waals surface area contributed by atoms with Crippen molar-refractivity contribution in [1.29, 1.82) is 0 Å². The minimum atomic E-state index is -0.176. The van der Waals surface area contributed by atoms with Crippen molar-refractivity contribution in [1.82, 2.24) is 15.5 Å². The summed E-state index contributed by atoms with van der Waals surface area (Å²) < 4.78 is 18.6. The predicted molar refractivity (Wildman–Crippen MR) is 109 cm³/mol. The molecule has 0 aliphatic heterocycles. The molecule has 138 valence electrons. The Hall–Kier alpha value is -0.930. The second kappa shape index (κ2) is 13.4. The molecule has 0 bridgehead atoms. The smallest absolute Gasteiger partial charge is 0.191 e. The highest BCUT2D eigenvalue weighted by atomic mass is 127. The molecule has 0 spiro atoms. The highest BCUT2D eigenvalue weighted by Gasteiger charge is 2.02. The van der Waals surface area contributed by atoms with Crippen molar-refractivity contribution in [2.75, 3.05) is 47.4 Å². The van der Waals surface area contributed by atoms with Gasteiger partial charge in [0.2, 0.25) is 0 Å². The molecule has 0 radical (unpaired) electrons. The van der Waals surface area contributed by atoms with Crippen LogP contribution in [0.5, 0.6) is 0 Å². The molecule has 1 aromatic rings. The van der Waals surface area contributed by atoms with Gasteiger partial charge in [0, 0.05) is 46.9 Å². The zero-order valence-electron chi connectivity index (χ0n) is 15.1. The molecular weight excluding hydrogens is 422 g/mol. The molecule has 7 heteroatoms. The fraction of sp³-hybridized carbons (Fsp3) is 0.588. The van der Waals surface area contributed by atoms with Gasteiger partial charge in [-0.1, -0.05) is 12.1 Å². The van der Waals surface area contributed by atoms with Gasteiger partial charge in [0.1, 0.15) is 5.82 Å². The van der Waals surface area contributed by atoms with E-state index in [1.807, 2.05) is 6.07 Å². The van der Waals surface area contributed by atoms with E-state index in [9.17, 15) is 4.39 Å². The molecule has 0 amide bonds. The number of hydrogen-bond donors (Lipinski definition) is 2. The number of aliphatic imine (C=N–C) groups is 1. The van der Waals surface area contributed by atoms with Crippen LogP contribution in [0.1, 0.15) is 17.5 Å². The number of likely N-dealkylation sites (N-methyl/N-ethyl adjacent to an activating group) is 1. The molecule has 0 saturated carbocycles. The normalized spacial score (nSPS) is 11.3. The van der Waals surface area contributed by atoms with Crippen molar-refractivity contribution in [3.05, 3.63) is 35.1 Å². The van der Waals surface area contributed by atoms with Crippen LogP contribution in [-0.4, -0.2) is 58.3 Å². The quantitative estimate of drug-likeness (QED) is 0.262. The third-order valence-electron chi connectivity index (χ3n) is 3.59. The maximum atomic E-state index is 13.5. The molecule has 0 aliphatic carbocycles. The number of methoxy groups -OCH3 is 1. The van der Waals surface area contributed by atoms with Crippen molar-refractivity contribution in [2.45, 2.75) is 19.9 Å². The topological polar surface area (TPSA) is 48.9 Å². The Morgan fingerprint density at radius 2 is 2.04 bits per heavy atom. The summed E-state index contributed by atoms with van der Waals surface area (Å²) in [5.74, 6) is 0.543. The third kappa shape index (κ3) is 9.39. The van der Waals surface area contributed by atoms with Gasteiger partial charge >= 0.3 is 0 Å². The first-order valence-electron chi connectivity index (χ1n) is 7.94. The van der Waals surface area contributed by atoms with Crippen LogP contribution in [0.15, 0.2) is 23.2 Å². The Morgan fingerprint density at radius 1 is 1.29 bits per heavy atom. The number of benzene rings is 1. The van der Waals surface area contributed by atoms with Crippen molar-refractivity contribution in [2.24, 2.45) is 4.99 Å². The Morgan fingerprint density at radius 3 is 2.67 bits per heavy atom. The summed E-state index contributed by atoms with van der Waals surface area (Å²) in [5, 5.41) is 6.45. The molecule has 0 aliphatic rings. The lowest BCUT2D eigenvalue weighted by atomic mass is 10.1. The number of hydrogen-bond acceptors (Lipinski definition) is 3. The highest BCUT2D eigenvalue weighted by molar-refractivity contribution is 14.0. The van der Waals surface area contributed by atoms with Crippen molar-refractivity contribution < 1.29 is 9.13 Å². The first kappa shape index (κ1) is 23.1. The first-order valence-corrected chi connectivity index (χ1v) is 7.94. The van der Waals surface area contributed by atoms with Gasteiger partial charge < -0.3 is 20.3 Å². The fourth-order valence-corrected chi connectivity index (χ4v) is 2.11. The Bertz CT molecular complexity index is 499. The molecule has 0 atom stereocenters. The maximum absolute atomic E-state index is 13.5. The van der Waals surface area contributed by atoms with E-state index >= 15 is 0 Å². The molecule has 5 nitrogen and oxygen atoms in total. The van der Waals surface area contributed by atoms with Crippen molar-refractivity contribution in [3.63, 3.8) is 0 Å². The minimum absolute atomic E-state index is 0. The van der Waals surface area contributed by atoms with Crippen LogP contribution < -0.4 is 10.6 Å². The first-order chi connectivity index (χ1) is 11.1. The monoisotopic (exact) mass is 452 g/mol. The average molecular weight is 452 g/mol. The van der Waals surface area contributed by atoms with Crippen LogP contribution in [0.3, 0.4) is 0 Å². The molecule has 1 rings (SSSR count). The molecule has 0 fully saturated rings. The largest absolute Gasteiger partial charge is 0.385 e. The number of rotatable bonds is 9. The second-order valence-electron chi connectivity index (χ2n) is 5.59. The van der Waals surface area contributed by atoms with E-state index in [0.29, 0.717) is 12.1 Å². The number of halogens is 2. The molecule has 0 aromatic heterocycles. The van der Waals surface area contributed by atoms with E-state index < -0.39 is 0 Å². The molecule has 0 unspecified atom stereocenters. The SMILES string of the molecule is CN=C(NCCN(C)CCCOC)NCc1ccc(C)c(F)c1.I. The van der Waals surface area contributed by atoms with Gasteiger partial charge in [-0.05, 0) is 37.6 Å². The van der Waals surface area contributed by atoms with E-state index in [1.54, 1.807) is 33.2 Å². The molecule has 1 aromatic carbocycles. The van der Waals surface area contributed by atoms with E-state index in [0.717, 1.165) is 44.2 Å². The maximum Gasteiger partial charge on any atom is 0.191 e. The summed E-state index contributed by atoms with van der Waals surface area (Å²) in [6.45, 7) is 5.81. The zero-order valence-corrected chi connectivity index (χ0v) is 17.4. The summed E-state index contributed by atoms with van der Waals surface area (Å²) in [6, 6.07) is 5.26. The number of guanidine groups is 1. The Labute approximate surface area is 162 Å². The standard InChI is InChI=1S/C17H29FN4O.HI/c1-14-6-7-15(12-16(14)18)13-21-17(19-2)20-8-10-22(3)9-5-11-23-4;/h6-7,12H,5,8-11,13H2,1-4H3,(H2,19,20,21);1H. The lowest BCUT2D eigenvalue weighted by Crippen LogP contribution is -2.40. The van der Waals surface area contributed by atoms with Crippen LogP contribution in [0.25, 0.3) is 0 Å². The van der Waals surface area contributed by atoms with Gasteiger partial charge in [-0.15, -0.1) is 24.0 Å². The third-order valence-corrected chi connectivity index (χ3v) is 3.59. The van der Waals surface area contributed by atoms with E-state index in [1.165, 1.54) is 0 Å². The average Bonchev–Trinajstić information content (AvgIpc) is 2.54. The van der Waals surface area contributed by atoms with Gasteiger partial charge in [-0.25, -0.2) is 4.39 Å². The summed E-state index contributed by atoms with van der Waals surface area (Å²) >= 11 is 0. The summed E-state index contributed by atoms with van der Waals surface area (Å²) in [4.78, 5) is 6.42. The minimum Gasteiger partial charge on any atom is -0.385 e. The van der Waals surface area contributed by atoms with Crippen molar-refractivity contribution in [3.8, 4) is 0 Å². The second-order valence-corrected chi connectivity index (χ2v) is 5.59. The van der Waals surface area contributed by atoms with Gasteiger partial charge in [0.25, 0.3) is 0 Å². The number of nitrogens with zero attached hydrogens (tertiary/aromatic N) is 2. The van der Waals surface area contributed by atoms with Gasteiger partial charge in [0.15, 0.2) is 5.96 Å². The van der Waals surface area contributed by atoms with Crippen LogP contribution in [0.4, 0.5) is 4.39 Å². The summed E-state index contributed by atoms with van der Waals surface area (Å²) in [5.41, 5.74) is 1.56. The van der Waals surface area contributed by atoms with Gasteiger partial charge in [-0.2, -0.15) is 0 Å². The van der Waals surface area contributed by atoms with Crippen molar-refractivity contribution >= 4 is 29.9 Å². The molecule has 24 heavy (non-hydrogen) atoms. The number of aryl methyl sites for hydroxylation is 1. The molecular formula is C17H30FIN4O. The highest BCUT2D eigenvalue weighted by Crippen LogP contribution is 2.08. The fourth-order valence-electron chi connectivity index (χ4n) is 2.11. The Balaban J connectivity index is 0.00000529. The van der Waals surface area contributed by atoms with E-state index in [2.05, 4.69) is 27.6 Å². The molecule has 0 saturated heterocycles. The number of nitrogens with one attached hydrogen (secondary N) is 2. The van der Waals surface area contributed by atoms with Crippen LogP contribution in [0, 0.1) is 12.7 Å². The summed E-state index contributed by atoms with van der Waals surface area (Å²) in [6.07, 6.45) is 1.03. The predicted octanol–water partition coefficient (Wildman–Crippen LogP) is 2.39. The van der Waals surface area contributed by atoms with Crippen LogP contribution in [0.2, 0.25) is 0 Å². The van der Waals surface area contributed by atoms with Crippen LogP contribution >= 0.6 is 24.0 Å². The van der Waals surface area contributed by atoms with E-state index in [-0.39, 0.29) is 29.8 Å². The molecule has 0 heterocycles. The Kier molecular flexibility index (Phi) is 12.9. The van der Waals surface area contributed by atoms with E-state index in [4.69, 9.17) is 4.74 Å². The molecule has 2 N–H and O–H groups in total. The van der Waals surface area contributed by atoms with Gasteiger partial charge in [-0.3, -0.25) is 4.99 Å². The summed E-state index contributed by atoms with van der Waals surface area (Å²) in [7, 11) is 5.53. The zero-order chi connectivity index (χ0) is 17.1. The van der Waals surface area contributed by atoms with Gasteiger partial charge in [0.05, 0.1) is 0 Å².